The number of rotatable bonds is 5. The number of nitrogens with zero attached hydrogens (tertiary/aromatic N) is 2. The molecular weight excluding hydrogens is 368 g/mol. The predicted molar refractivity (Wildman–Crippen MR) is 116 cm³/mol. The lowest BCUT2D eigenvalue weighted by molar-refractivity contribution is 0.300. The van der Waals surface area contributed by atoms with E-state index in [4.69, 9.17) is 21.3 Å². The number of aromatic nitrogens is 2. The van der Waals surface area contributed by atoms with Crippen LogP contribution >= 0.6 is 11.6 Å². The molecule has 0 aliphatic carbocycles. The summed E-state index contributed by atoms with van der Waals surface area (Å²) in [5, 5.41) is 0.801. The minimum atomic E-state index is 0.555. The van der Waals surface area contributed by atoms with Gasteiger partial charge in [-0.25, -0.2) is 4.98 Å². The molecule has 142 valence electrons. The van der Waals surface area contributed by atoms with Gasteiger partial charge in [0.1, 0.15) is 18.2 Å². The van der Waals surface area contributed by atoms with Gasteiger partial charge >= 0.3 is 0 Å². The highest BCUT2D eigenvalue weighted by Crippen LogP contribution is 2.27. The highest BCUT2D eigenvalue weighted by molar-refractivity contribution is 6.32. The highest BCUT2D eigenvalue weighted by Gasteiger charge is 2.13. The van der Waals surface area contributed by atoms with Crippen LogP contribution in [0.5, 0.6) is 5.75 Å². The molecule has 0 saturated carbocycles. The van der Waals surface area contributed by atoms with Gasteiger partial charge in [-0.3, -0.25) is 0 Å². The third-order valence-corrected chi connectivity index (χ3v) is 5.52. The topological polar surface area (TPSA) is 27.1 Å². The van der Waals surface area contributed by atoms with Gasteiger partial charge in [0, 0.05) is 10.6 Å². The van der Waals surface area contributed by atoms with E-state index >= 15 is 0 Å². The number of benzene rings is 3. The molecule has 0 unspecified atom stereocenters. The van der Waals surface area contributed by atoms with Crippen LogP contribution in [0.4, 0.5) is 0 Å². The van der Waals surface area contributed by atoms with Gasteiger partial charge in [0.15, 0.2) is 0 Å². The zero-order valence-electron chi connectivity index (χ0n) is 16.4. The number of aryl methyl sites for hydroxylation is 3. The third kappa shape index (κ3) is 3.63. The Balaban J connectivity index is 1.64. The third-order valence-electron chi connectivity index (χ3n) is 4.92. The number of fused-ring (bicyclic) bond motifs is 1. The van der Waals surface area contributed by atoms with Crippen molar-refractivity contribution in [3.05, 3.63) is 82.4 Å². The first-order chi connectivity index (χ1) is 13.5. The molecule has 0 spiro atoms. The monoisotopic (exact) mass is 390 g/mol. The Bertz CT molecular complexity index is 1120. The maximum absolute atomic E-state index is 6.26. The number of hydrogen-bond acceptors (Lipinski definition) is 2. The number of ether oxygens (including phenoxy) is 1. The average Bonchev–Trinajstić information content (AvgIpc) is 3.05. The zero-order valence-corrected chi connectivity index (χ0v) is 17.1. The fourth-order valence-corrected chi connectivity index (χ4v) is 3.66. The van der Waals surface area contributed by atoms with Crippen LogP contribution in [0, 0.1) is 20.8 Å². The molecule has 0 fully saturated rings. The number of hydrogen-bond donors (Lipinski definition) is 0. The molecular formula is C24H23ClN2O. The van der Waals surface area contributed by atoms with Crippen molar-refractivity contribution in [2.45, 2.75) is 27.3 Å². The van der Waals surface area contributed by atoms with Gasteiger partial charge in [0.2, 0.25) is 0 Å². The molecule has 0 radical (unpaired) electrons. The largest absolute Gasteiger partial charge is 0.492 e. The smallest absolute Gasteiger partial charge is 0.141 e. The molecule has 4 aromatic rings. The molecule has 0 aliphatic rings. The molecule has 0 atom stereocenters. The second-order valence-corrected chi connectivity index (χ2v) is 7.54. The number of imidazole rings is 1. The van der Waals surface area contributed by atoms with Gasteiger partial charge in [0.05, 0.1) is 17.6 Å². The second-order valence-electron chi connectivity index (χ2n) is 7.16. The summed E-state index contributed by atoms with van der Waals surface area (Å²) < 4.78 is 8.29. The molecule has 4 rings (SSSR count). The van der Waals surface area contributed by atoms with Gasteiger partial charge < -0.3 is 9.30 Å². The first-order valence-electron chi connectivity index (χ1n) is 9.45. The minimum Gasteiger partial charge on any atom is -0.492 e. The normalized spacial score (nSPS) is 11.1. The summed E-state index contributed by atoms with van der Waals surface area (Å²) in [4.78, 5) is 4.88. The Kier molecular flexibility index (Phi) is 5.10. The Morgan fingerprint density at radius 2 is 1.68 bits per heavy atom. The van der Waals surface area contributed by atoms with Crippen molar-refractivity contribution in [1.29, 1.82) is 0 Å². The van der Waals surface area contributed by atoms with Gasteiger partial charge in [-0.15, -0.1) is 0 Å². The second kappa shape index (κ2) is 7.69. The van der Waals surface area contributed by atoms with Crippen molar-refractivity contribution in [3.63, 3.8) is 0 Å². The van der Waals surface area contributed by atoms with Crippen LogP contribution in [-0.2, 0) is 6.54 Å². The SMILES string of the molecule is Cc1cccc(-c2nc3ccccc3n2CCOc2cc(C)c(Cl)c(C)c2)c1. The molecule has 0 saturated heterocycles. The summed E-state index contributed by atoms with van der Waals surface area (Å²) in [7, 11) is 0. The van der Waals surface area contributed by atoms with Gasteiger partial charge in [0.25, 0.3) is 0 Å². The lowest BCUT2D eigenvalue weighted by Crippen LogP contribution is -2.10. The quantitative estimate of drug-likeness (QED) is 0.396. The summed E-state index contributed by atoms with van der Waals surface area (Å²) >= 11 is 6.26. The molecule has 1 heterocycles. The van der Waals surface area contributed by atoms with Crippen LogP contribution < -0.4 is 4.74 Å². The Hall–Kier alpha value is -2.78. The molecule has 0 amide bonds. The lowest BCUT2D eigenvalue weighted by atomic mass is 10.1. The minimum absolute atomic E-state index is 0.555. The fraction of sp³-hybridized carbons (Fsp3) is 0.208. The molecule has 3 aromatic carbocycles. The van der Waals surface area contributed by atoms with Crippen LogP contribution in [-0.4, -0.2) is 16.2 Å². The standard InChI is InChI=1S/C24H23ClN2O/c1-16-7-6-8-19(13-16)24-26-21-9-4-5-10-22(21)27(24)11-12-28-20-14-17(2)23(25)18(3)15-20/h4-10,13-15H,11-12H2,1-3H3. The average molecular weight is 391 g/mol. The fourth-order valence-electron chi connectivity index (χ4n) is 3.55. The molecule has 0 N–H and O–H groups in total. The maximum atomic E-state index is 6.26. The van der Waals surface area contributed by atoms with Crippen LogP contribution in [0.2, 0.25) is 5.02 Å². The Labute approximate surface area is 170 Å². The molecule has 1 aromatic heterocycles. The van der Waals surface area contributed by atoms with Gasteiger partial charge in [-0.05, 0) is 62.2 Å². The molecule has 28 heavy (non-hydrogen) atoms. The number of para-hydroxylation sites is 2. The molecule has 0 aliphatic heterocycles. The lowest BCUT2D eigenvalue weighted by Gasteiger charge is -2.13. The van der Waals surface area contributed by atoms with Crippen LogP contribution in [0.15, 0.2) is 60.7 Å². The van der Waals surface area contributed by atoms with E-state index in [9.17, 15) is 0 Å². The van der Waals surface area contributed by atoms with E-state index in [2.05, 4.69) is 47.9 Å². The van der Waals surface area contributed by atoms with Crippen molar-refractivity contribution >= 4 is 22.6 Å². The number of halogens is 1. The summed E-state index contributed by atoms with van der Waals surface area (Å²) in [5.41, 5.74) is 6.52. The Morgan fingerprint density at radius 3 is 2.43 bits per heavy atom. The molecule has 4 heteroatoms. The maximum Gasteiger partial charge on any atom is 0.141 e. The van der Waals surface area contributed by atoms with Crippen molar-refractivity contribution < 1.29 is 4.74 Å². The van der Waals surface area contributed by atoms with Crippen molar-refractivity contribution in [2.75, 3.05) is 6.61 Å². The first-order valence-corrected chi connectivity index (χ1v) is 9.82. The van der Waals surface area contributed by atoms with Crippen molar-refractivity contribution in [3.8, 4) is 17.1 Å². The first kappa shape index (κ1) is 18.6. The summed E-state index contributed by atoms with van der Waals surface area (Å²) in [6, 6.07) is 20.7. The van der Waals surface area contributed by atoms with E-state index in [1.54, 1.807) is 0 Å². The highest BCUT2D eigenvalue weighted by atomic mass is 35.5. The summed E-state index contributed by atoms with van der Waals surface area (Å²) in [6.45, 7) is 7.37. The van der Waals surface area contributed by atoms with E-state index in [0.717, 1.165) is 44.3 Å². The predicted octanol–water partition coefficient (Wildman–Crippen LogP) is 6.36. The molecule has 0 bridgehead atoms. The van der Waals surface area contributed by atoms with E-state index in [1.807, 2.05) is 38.1 Å². The molecule has 3 nitrogen and oxygen atoms in total. The zero-order chi connectivity index (χ0) is 19.7. The van der Waals surface area contributed by atoms with E-state index in [0.29, 0.717) is 13.2 Å². The van der Waals surface area contributed by atoms with E-state index in [1.165, 1.54) is 5.56 Å². The van der Waals surface area contributed by atoms with Gasteiger partial charge in [-0.2, -0.15) is 0 Å². The van der Waals surface area contributed by atoms with E-state index in [-0.39, 0.29) is 0 Å². The summed E-state index contributed by atoms with van der Waals surface area (Å²) in [6.07, 6.45) is 0. The van der Waals surface area contributed by atoms with E-state index < -0.39 is 0 Å². The van der Waals surface area contributed by atoms with Gasteiger partial charge in [-0.1, -0.05) is 47.5 Å². The van der Waals surface area contributed by atoms with Crippen molar-refractivity contribution in [1.82, 2.24) is 9.55 Å². The summed E-state index contributed by atoms with van der Waals surface area (Å²) in [5.74, 6) is 1.82. The van der Waals surface area contributed by atoms with Crippen LogP contribution in [0.3, 0.4) is 0 Å². The Morgan fingerprint density at radius 1 is 0.929 bits per heavy atom. The van der Waals surface area contributed by atoms with Crippen molar-refractivity contribution in [2.24, 2.45) is 0 Å². The van der Waals surface area contributed by atoms with Crippen LogP contribution in [0.1, 0.15) is 16.7 Å². The van der Waals surface area contributed by atoms with Crippen LogP contribution in [0.25, 0.3) is 22.4 Å².